The van der Waals surface area contributed by atoms with E-state index < -0.39 is 28.0 Å². The normalized spacial score (nSPS) is 11.7. The first-order valence-electron chi connectivity index (χ1n) is 10.7. The average Bonchev–Trinajstić information content (AvgIpc) is 3.35. The summed E-state index contributed by atoms with van der Waals surface area (Å²) in [6, 6.07) is 21.5. The Balaban J connectivity index is 1.48. The van der Waals surface area contributed by atoms with Crippen LogP contribution < -0.4 is 10.0 Å². The summed E-state index contributed by atoms with van der Waals surface area (Å²) in [5.74, 6) is 0.189. The number of nitrogens with one attached hydrogen (secondary N) is 2. The third kappa shape index (κ3) is 5.55. The summed E-state index contributed by atoms with van der Waals surface area (Å²) in [6.07, 6.45) is 0. The maximum atomic E-state index is 13.1. The Morgan fingerprint density at radius 2 is 1.63 bits per heavy atom. The molecule has 3 aromatic carbocycles. The highest BCUT2D eigenvalue weighted by Gasteiger charge is 2.27. The van der Waals surface area contributed by atoms with Gasteiger partial charge in [-0.05, 0) is 68.4 Å². The number of nitrogens with zero attached hydrogens (tertiary/aromatic N) is 2. The molecule has 0 radical (unpaired) electrons. The number of aromatic nitrogens is 2. The lowest BCUT2D eigenvalue weighted by atomic mass is 9.94. The zero-order valence-electron chi connectivity index (χ0n) is 19.0. The van der Waals surface area contributed by atoms with Gasteiger partial charge in [0.05, 0.1) is 16.0 Å². The van der Waals surface area contributed by atoms with E-state index in [4.69, 9.17) is 4.52 Å². The average molecular weight is 495 g/mol. The zero-order chi connectivity index (χ0) is 25.1. The molecule has 0 saturated carbocycles. The fraction of sp³-hybridized carbons (Fsp3) is 0.160. The molecule has 1 amide bonds. The quantitative estimate of drug-likeness (QED) is 0.351. The van der Waals surface area contributed by atoms with Crippen molar-refractivity contribution in [2.75, 3.05) is 16.7 Å². The van der Waals surface area contributed by atoms with Crippen molar-refractivity contribution < 1.29 is 22.1 Å². The minimum atomic E-state index is -3.92. The molecule has 0 aliphatic carbocycles. The predicted molar refractivity (Wildman–Crippen MR) is 131 cm³/mol. The Hall–Kier alpha value is -4.05. The van der Waals surface area contributed by atoms with E-state index in [0.717, 1.165) is 5.56 Å². The van der Waals surface area contributed by atoms with Gasteiger partial charge in [-0.15, -0.1) is 0 Å². The Bertz CT molecular complexity index is 1440. The summed E-state index contributed by atoms with van der Waals surface area (Å²) >= 11 is 0. The van der Waals surface area contributed by atoms with Crippen LogP contribution in [0.2, 0.25) is 0 Å². The molecule has 0 atom stereocenters. The Kier molecular flexibility index (Phi) is 6.65. The van der Waals surface area contributed by atoms with Crippen LogP contribution in [0, 0.1) is 5.41 Å². The highest BCUT2D eigenvalue weighted by molar-refractivity contribution is 7.92. The van der Waals surface area contributed by atoms with Gasteiger partial charge >= 0.3 is 0 Å². The van der Waals surface area contributed by atoms with Gasteiger partial charge in [-0.1, -0.05) is 29.4 Å². The molecule has 4 rings (SSSR count). The van der Waals surface area contributed by atoms with Gasteiger partial charge in [-0.3, -0.25) is 9.52 Å². The van der Waals surface area contributed by atoms with Crippen molar-refractivity contribution in [3.8, 4) is 22.8 Å². The molecule has 0 bridgehead atoms. The van der Waals surface area contributed by atoms with Crippen LogP contribution in [-0.2, 0) is 14.8 Å². The zero-order valence-corrected chi connectivity index (χ0v) is 19.8. The molecule has 0 saturated heterocycles. The van der Waals surface area contributed by atoms with Gasteiger partial charge in [0.2, 0.25) is 11.7 Å². The van der Waals surface area contributed by atoms with E-state index in [-0.39, 0.29) is 10.6 Å². The van der Waals surface area contributed by atoms with E-state index in [0.29, 0.717) is 23.0 Å². The Labute approximate surface area is 202 Å². The summed E-state index contributed by atoms with van der Waals surface area (Å²) in [5.41, 5.74) is 0.767. The Morgan fingerprint density at radius 1 is 0.943 bits per heavy atom. The Morgan fingerprint density at radius 3 is 2.31 bits per heavy atom. The minimum absolute atomic E-state index is 0.0287. The summed E-state index contributed by atoms with van der Waals surface area (Å²) in [6.45, 7) is 2.14. The molecule has 1 aromatic heterocycles. The second kappa shape index (κ2) is 9.67. The van der Waals surface area contributed by atoms with Crippen molar-refractivity contribution in [3.05, 3.63) is 78.9 Å². The number of amides is 1. The van der Waals surface area contributed by atoms with Gasteiger partial charge in [0.25, 0.3) is 15.9 Å². The fourth-order valence-corrected chi connectivity index (χ4v) is 4.11. The largest absolute Gasteiger partial charge is 0.334 e. The highest BCUT2D eigenvalue weighted by atomic mass is 32.2. The smallest absolute Gasteiger partial charge is 0.261 e. The van der Waals surface area contributed by atoms with E-state index in [2.05, 4.69) is 20.2 Å². The van der Waals surface area contributed by atoms with Crippen LogP contribution in [0.3, 0.4) is 0 Å². The lowest BCUT2D eigenvalue weighted by Crippen LogP contribution is -2.32. The summed E-state index contributed by atoms with van der Waals surface area (Å²) < 4.78 is 46.6. The minimum Gasteiger partial charge on any atom is -0.334 e. The number of carbonyl (C=O) groups excluding carboxylic acids is 1. The van der Waals surface area contributed by atoms with Crippen molar-refractivity contribution in [1.82, 2.24) is 10.1 Å². The van der Waals surface area contributed by atoms with Crippen LogP contribution in [0.15, 0.2) is 88.3 Å². The first-order chi connectivity index (χ1) is 16.7. The van der Waals surface area contributed by atoms with Crippen molar-refractivity contribution in [2.24, 2.45) is 5.41 Å². The fourth-order valence-electron chi connectivity index (χ4n) is 3.06. The molecule has 1 heterocycles. The van der Waals surface area contributed by atoms with Crippen molar-refractivity contribution in [1.29, 1.82) is 0 Å². The van der Waals surface area contributed by atoms with Crippen molar-refractivity contribution >= 4 is 27.3 Å². The number of hydrogen-bond donors (Lipinski definition) is 2. The molecule has 0 fully saturated rings. The van der Waals surface area contributed by atoms with Gasteiger partial charge in [0.1, 0.15) is 6.67 Å². The van der Waals surface area contributed by atoms with E-state index in [1.54, 1.807) is 30.3 Å². The molecule has 180 valence electrons. The SMILES string of the molecule is CC(C)(CF)C(=O)Nc1cccc(NS(=O)(=O)c2ccc(-c3noc(-c4ccccc4)n3)cc2)c1. The number of hydrogen-bond acceptors (Lipinski definition) is 6. The third-order valence-electron chi connectivity index (χ3n) is 5.19. The van der Waals surface area contributed by atoms with Gasteiger partial charge in [-0.25, -0.2) is 12.8 Å². The monoisotopic (exact) mass is 494 g/mol. The number of carbonyl (C=O) groups is 1. The number of sulfonamides is 1. The van der Waals surface area contributed by atoms with Crippen molar-refractivity contribution in [2.45, 2.75) is 18.7 Å². The molecule has 0 unspecified atom stereocenters. The molecular formula is C25H23FN4O4S. The molecule has 35 heavy (non-hydrogen) atoms. The highest BCUT2D eigenvalue weighted by Crippen LogP contribution is 2.25. The summed E-state index contributed by atoms with van der Waals surface area (Å²) in [4.78, 5) is 16.6. The maximum absolute atomic E-state index is 13.1. The molecular weight excluding hydrogens is 471 g/mol. The number of benzene rings is 3. The van der Waals surface area contributed by atoms with E-state index >= 15 is 0 Å². The second-order valence-electron chi connectivity index (χ2n) is 8.47. The van der Waals surface area contributed by atoms with Crippen molar-refractivity contribution in [3.63, 3.8) is 0 Å². The van der Waals surface area contributed by atoms with E-state index in [1.165, 1.54) is 32.0 Å². The van der Waals surface area contributed by atoms with E-state index in [1.807, 2.05) is 30.3 Å². The molecule has 0 aliphatic rings. The molecule has 0 aliphatic heterocycles. The first-order valence-corrected chi connectivity index (χ1v) is 12.2. The van der Waals surface area contributed by atoms with Crippen LogP contribution in [0.4, 0.5) is 15.8 Å². The maximum Gasteiger partial charge on any atom is 0.261 e. The lowest BCUT2D eigenvalue weighted by Gasteiger charge is -2.19. The lowest BCUT2D eigenvalue weighted by molar-refractivity contribution is -0.124. The molecule has 8 nitrogen and oxygen atoms in total. The van der Waals surface area contributed by atoms with Crippen LogP contribution in [-0.4, -0.2) is 31.1 Å². The predicted octanol–water partition coefficient (Wildman–Crippen LogP) is 5.14. The van der Waals surface area contributed by atoms with Gasteiger partial charge in [0, 0.05) is 16.8 Å². The summed E-state index contributed by atoms with van der Waals surface area (Å²) in [7, 11) is -3.92. The van der Waals surface area contributed by atoms with Gasteiger partial charge in [-0.2, -0.15) is 4.98 Å². The van der Waals surface area contributed by atoms with Gasteiger partial charge < -0.3 is 9.84 Å². The number of halogens is 1. The van der Waals surface area contributed by atoms with Crippen LogP contribution in [0.25, 0.3) is 22.8 Å². The van der Waals surface area contributed by atoms with Gasteiger partial charge in [0.15, 0.2) is 0 Å². The second-order valence-corrected chi connectivity index (χ2v) is 10.2. The molecule has 2 N–H and O–H groups in total. The molecule has 0 spiro atoms. The van der Waals surface area contributed by atoms with Crippen LogP contribution >= 0.6 is 0 Å². The summed E-state index contributed by atoms with van der Waals surface area (Å²) in [5, 5.41) is 6.57. The first kappa shape index (κ1) is 24.1. The number of rotatable bonds is 8. The third-order valence-corrected chi connectivity index (χ3v) is 6.59. The van der Waals surface area contributed by atoms with E-state index in [9.17, 15) is 17.6 Å². The standard InChI is InChI=1S/C25H23FN4O4S/c1-25(2,16-26)24(31)27-19-9-6-10-20(15-19)30-35(32,33)21-13-11-17(12-14-21)22-28-23(34-29-22)18-7-4-3-5-8-18/h3-15,30H,16H2,1-2H3,(H,27,31). The number of anilines is 2. The topological polar surface area (TPSA) is 114 Å². The van der Waals surface area contributed by atoms with Crippen LogP contribution in [0.5, 0.6) is 0 Å². The molecule has 4 aromatic rings. The van der Waals surface area contributed by atoms with Crippen LogP contribution in [0.1, 0.15) is 13.8 Å². The number of alkyl halides is 1. The molecule has 10 heteroatoms.